The molecule has 0 fully saturated rings. The quantitative estimate of drug-likeness (QED) is 0.854. The molecule has 1 amide bonds. The number of hydrogen-bond donors (Lipinski definition) is 1. The van der Waals surface area contributed by atoms with Gasteiger partial charge in [0.15, 0.2) is 0 Å². The van der Waals surface area contributed by atoms with E-state index in [1.54, 1.807) is 0 Å². The van der Waals surface area contributed by atoms with Gasteiger partial charge in [0.2, 0.25) is 0 Å². The van der Waals surface area contributed by atoms with E-state index >= 15 is 0 Å². The Balaban J connectivity index is 1.95. The summed E-state index contributed by atoms with van der Waals surface area (Å²) in [5.74, 6) is 1.50. The summed E-state index contributed by atoms with van der Waals surface area (Å²) < 4.78 is 0. The van der Waals surface area contributed by atoms with Crippen LogP contribution in [0.25, 0.3) is 0 Å². The molecule has 0 saturated carbocycles. The Kier molecular flexibility index (Phi) is 4.19. The van der Waals surface area contributed by atoms with Gasteiger partial charge in [-0.05, 0) is 43.2 Å². The van der Waals surface area contributed by atoms with Gasteiger partial charge in [-0.1, -0.05) is 38.1 Å². The molecule has 96 valence electrons. The van der Waals surface area contributed by atoms with Crippen LogP contribution < -0.4 is 5.32 Å². The number of rotatable bonds is 3. The number of carbonyl (C=O) groups is 1. The number of para-hydroxylation sites is 1. The molecule has 0 spiro atoms. The van der Waals surface area contributed by atoms with E-state index in [-0.39, 0.29) is 5.91 Å². The van der Waals surface area contributed by atoms with Crippen LogP contribution in [0.15, 0.2) is 42.0 Å². The highest BCUT2D eigenvalue weighted by Crippen LogP contribution is 2.29. The van der Waals surface area contributed by atoms with Crippen LogP contribution >= 0.6 is 0 Å². The van der Waals surface area contributed by atoms with Gasteiger partial charge in [-0.3, -0.25) is 4.79 Å². The molecule has 0 heterocycles. The minimum atomic E-state index is 0.0587. The molecule has 1 atom stereocenters. The van der Waals surface area contributed by atoms with E-state index in [9.17, 15) is 4.79 Å². The minimum absolute atomic E-state index is 0.0587. The van der Waals surface area contributed by atoms with E-state index < -0.39 is 0 Å². The first-order chi connectivity index (χ1) is 8.66. The first-order valence-electron chi connectivity index (χ1n) is 6.72. The number of allylic oxidation sites excluding steroid dienone is 1. The van der Waals surface area contributed by atoms with Crippen LogP contribution in [0.4, 0.5) is 5.69 Å². The molecule has 0 aromatic heterocycles. The number of anilines is 1. The lowest BCUT2D eigenvalue weighted by atomic mass is 9.82. The Hall–Kier alpha value is -1.57. The third-order valence-corrected chi connectivity index (χ3v) is 3.72. The molecule has 1 unspecified atom stereocenters. The highest BCUT2D eigenvalue weighted by Gasteiger charge is 2.20. The molecule has 2 nitrogen and oxygen atoms in total. The van der Waals surface area contributed by atoms with Gasteiger partial charge >= 0.3 is 0 Å². The zero-order valence-electron chi connectivity index (χ0n) is 11.1. The van der Waals surface area contributed by atoms with Crippen LogP contribution in [0.1, 0.15) is 33.1 Å². The van der Waals surface area contributed by atoms with E-state index in [4.69, 9.17) is 0 Å². The van der Waals surface area contributed by atoms with Crippen molar-refractivity contribution >= 4 is 11.6 Å². The summed E-state index contributed by atoms with van der Waals surface area (Å²) in [5, 5.41) is 2.95. The van der Waals surface area contributed by atoms with E-state index in [2.05, 4.69) is 25.2 Å². The molecule has 0 bridgehead atoms. The average Bonchev–Trinajstić information content (AvgIpc) is 2.40. The van der Waals surface area contributed by atoms with Gasteiger partial charge < -0.3 is 5.32 Å². The Morgan fingerprint density at radius 1 is 1.28 bits per heavy atom. The van der Waals surface area contributed by atoms with Gasteiger partial charge in [-0.15, -0.1) is 0 Å². The lowest BCUT2D eigenvalue weighted by Crippen LogP contribution is -2.20. The number of amides is 1. The molecule has 0 radical (unpaired) electrons. The molecule has 1 aliphatic rings. The fraction of sp³-hybridized carbons (Fsp3) is 0.438. The molecule has 1 aromatic carbocycles. The predicted molar refractivity (Wildman–Crippen MR) is 75.3 cm³/mol. The van der Waals surface area contributed by atoms with Crippen molar-refractivity contribution in [2.45, 2.75) is 33.1 Å². The van der Waals surface area contributed by atoms with Gasteiger partial charge in [0, 0.05) is 11.3 Å². The summed E-state index contributed by atoms with van der Waals surface area (Å²) in [7, 11) is 0. The van der Waals surface area contributed by atoms with E-state index in [1.165, 1.54) is 0 Å². The Morgan fingerprint density at radius 3 is 2.56 bits per heavy atom. The minimum Gasteiger partial charge on any atom is -0.322 e. The molecule has 0 saturated heterocycles. The SMILES string of the molecule is CC(C)C1CC=C(C(=O)Nc2ccccc2)CC1. The summed E-state index contributed by atoms with van der Waals surface area (Å²) >= 11 is 0. The predicted octanol–water partition coefficient (Wildman–Crippen LogP) is 4.01. The van der Waals surface area contributed by atoms with Crippen LogP contribution in [-0.2, 0) is 4.79 Å². The summed E-state index contributed by atoms with van der Waals surface area (Å²) in [5.41, 5.74) is 1.81. The average molecular weight is 243 g/mol. The molecule has 1 N–H and O–H groups in total. The lowest BCUT2D eigenvalue weighted by Gasteiger charge is -2.24. The molecular formula is C16H21NO. The largest absolute Gasteiger partial charge is 0.322 e. The maximum atomic E-state index is 12.1. The van der Waals surface area contributed by atoms with Gasteiger partial charge in [0.05, 0.1) is 0 Å². The summed E-state index contributed by atoms with van der Waals surface area (Å²) in [6.45, 7) is 4.51. The van der Waals surface area contributed by atoms with Crippen LogP contribution in [0, 0.1) is 11.8 Å². The van der Waals surface area contributed by atoms with Gasteiger partial charge in [0.25, 0.3) is 5.91 Å². The van der Waals surface area contributed by atoms with Crippen LogP contribution in [0.2, 0.25) is 0 Å². The molecule has 18 heavy (non-hydrogen) atoms. The molecular weight excluding hydrogens is 222 g/mol. The molecule has 2 heteroatoms. The number of benzene rings is 1. The van der Waals surface area contributed by atoms with Crippen molar-refractivity contribution in [1.29, 1.82) is 0 Å². The van der Waals surface area contributed by atoms with Crippen molar-refractivity contribution in [2.24, 2.45) is 11.8 Å². The summed E-state index contributed by atoms with van der Waals surface area (Å²) in [6, 6.07) is 9.64. The summed E-state index contributed by atoms with van der Waals surface area (Å²) in [4.78, 5) is 12.1. The van der Waals surface area contributed by atoms with Crippen molar-refractivity contribution in [3.8, 4) is 0 Å². The zero-order valence-corrected chi connectivity index (χ0v) is 11.1. The Labute approximate surface area is 109 Å². The van der Waals surface area contributed by atoms with Crippen molar-refractivity contribution in [2.75, 3.05) is 5.32 Å². The van der Waals surface area contributed by atoms with Crippen LogP contribution in [0.5, 0.6) is 0 Å². The van der Waals surface area contributed by atoms with E-state index in [0.717, 1.165) is 36.4 Å². The molecule has 0 aliphatic heterocycles. The third-order valence-electron chi connectivity index (χ3n) is 3.72. The smallest absolute Gasteiger partial charge is 0.251 e. The first kappa shape index (κ1) is 12.9. The monoisotopic (exact) mass is 243 g/mol. The standard InChI is InChI=1S/C16H21NO/c1-12(2)13-8-10-14(11-9-13)16(18)17-15-6-4-3-5-7-15/h3-7,10,12-13H,8-9,11H2,1-2H3,(H,17,18). The van der Waals surface area contributed by atoms with Crippen molar-refractivity contribution in [1.82, 2.24) is 0 Å². The van der Waals surface area contributed by atoms with Crippen molar-refractivity contribution < 1.29 is 4.79 Å². The van der Waals surface area contributed by atoms with Crippen LogP contribution in [-0.4, -0.2) is 5.91 Å². The number of hydrogen-bond acceptors (Lipinski definition) is 1. The normalized spacial score (nSPS) is 19.5. The van der Waals surface area contributed by atoms with E-state index in [0.29, 0.717) is 5.92 Å². The second-order valence-electron chi connectivity index (χ2n) is 5.33. The lowest BCUT2D eigenvalue weighted by molar-refractivity contribution is -0.113. The Bertz CT molecular complexity index is 434. The van der Waals surface area contributed by atoms with E-state index in [1.807, 2.05) is 30.3 Å². The highest BCUT2D eigenvalue weighted by molar-refractivity contribution is 6.03. The maximum Gasteiger partial charge on any atom is 0.251 e. The van der Waals surface area contributed by atoms with Gasteiger partial charge in [-0.25, -0.2) is 0 Å². The number of nitrogens with one attached hydrogen (secondary N) is 1. The fourth-order valence-electron chi connectivity index (χ4n) is 2.40. The fourth-order valence-corrected chi connectivity index (χ4v) is 2.40. The van der Waals surface area contributed by atoms with Crippen molar-refractivity contribution in [3.63, 3.8) is 0 Å². The highest BCUT2D eigenvalue weighted by atomic mass is 16.1. The first-order valence-corrected chi connectivity index (χ1v) is 6.72. The van der Waals surface area contributed by atoms with Crippen molar-refractivity contribution in [3.05, 3.63) is 42.0 Å². The molecule has 1 aromatic rings. The van der Waals surface area contributed by atoms with Gasteiger partial charge in [0.1, 0.15) is 0 Å². The second-order valence-corrected chi connectivity index (χ2v) is 5.33. The summed E-state index contributed by atoms with van der Waals surface area (Å²) in [6.07, 6.45) is 5.19. The van der Waals surface area contributed by atoms with Gasteiger partial charge in [-0.2, -0.15) is 0 Å². The number of carbonyl (C=O) groups excluding carboxylic acids is 1. The zero-order chi connectivity index (χ0) is 13.0. The molecule has 1 aliphatic carbocycles. The maximum absolute atomic E-state index is 12.1. The molecule has 2 rings (SSSR count). The van der Waals surface area contributed by atoms with Crippen LogP contribution in [0.3, 0.4) is 0 Å². The Morgan fingerprint density at radius 2 is 2.00 bits per heavy atom. The topological polar surface area (TPSA) is 29.1 Å². The third kappa shape index (κ3) is 3.22. The second kappa shape index (κ2) is 5.85.